The number of carbonyl (C=O) groups is 3. The highest BCUT2D eigenvalue weighted by molar-refractivity contribution is 5.92. The van der Waals surface area contributed by atoms with Crippen LogP contribution in [0.3, 0.4) is 0 Å². The number of carbonyl (C=O) groups excluding carboxylic acids is 3. The molecular weight excluding hydrogens is 398 g/mol. The average molecular weight is 428 g/mol. The van der Waals surface area contributed by atoms with Crippen molar-refractivity contribution in [2.24, 2.45) is 0 Å². The molecule has 0 saturated heterocycles. The van der Waals surface area contributed by atoms with Crippen molar-refractivity contribution < 1.29 is 23.9 Å². The number of rotatable bonds is 9. The molecule has 31 heavy (non-hydrogen) atoms. The molecule has 2 rings (SSSR count). The van der Waals surface area contributed by atoms with Gasteiger partial charge in [-0.05, 0) is 56.2 Å². The molecule has 8 nitrogen and oxygen atoms in total. The number of hydrogen-bond donors (Lipinski definition) is 3. The Labute approximate surface area is 182 Å². The van der Waals surface area contributed by atoms with E-state index in [-0.39, 0.29) is 18.0 Å². The lowest BCUT2D eigenvalue weighted by molar-refractivity contribution is -0.129. The van der Waals surface area contributed by atoms with E-state index in [4.69, 9.17) is 9.47 Å². The Hall–Kier alpha value is -3.55. The van der Waals surface area contributed by atoms with Crippen LogP contribution in [0.25, 0.3) is 0 Å². The Bertz CT molecular complexity index is 879. The van der Waals surface area contributed by atoms with Crippen molar-refractivity contribution in [2.75, 3.05) is 7.11 Å². The maximum Gasteiger partial charge on any atom is 0.338 e. The van der Waals surface area contributed by atoms with E-state index in [0.29, 0.717) is 18.7 Å². The summed E-state index contributed by atoms with van der Waals surface area (Å²) in [5.41, 5.74) is 2.06. The summed E-state index contributed by atoms with van der Waals surface area (Å²) in [6, 6.07) is 13.7. The van der Waals surface area contributed by atoms with Gasteiger partial charge in [0.1, 0.15) is 5.75 Å². The predicted molar refractivity (Wildman–Crippen MR) is 117 cm³/mol. The second kappa shape index (κ2) is 11.6. The van der Waals surface area contributed by atoms with Gasteiger partial charge in [0.25, 0.3) is 5.91 Å². The Balaban J connectivity index is 1.80. The SMILES string of the molecule is COc1ccc(CNC(=O)[C@@H](C)OC(=O)c2ccc(CNC(=O)NC(C)C)cc2)cc1. The lowest BCUT2D eigenvalue weighted by Gasteiger charge is -2.14. The first-order valence-corrected chi connectivity index (χ1v) is 10.0. The van der Waals surface area contributed by atoms with Crippen LogP contribution in [0, 0.1) is 0 Å². The van der Waals surface area contributed by atoms with Crippen LogP contribution in [-0.2, 0) is 22.6 Å². The number of nitrogens with one attached hydrogen (secondary N) is 3. The third-order valence-corrected chi connectivity index (χ3v) is 4.34. The van der Waals surface area contributed by atoms with Crippen molar-refractivity contribution in [1.82, 2.24) is 16.0 Å². The predicted octanol–water partition coefficient (Wildman–Crippen LogP) is 2.76. The fourth-order valence-electron chi connectivity index (χ4n) is 2.61. The molecule has 2 aromatic rings. The fraction of sp³-hybridized carbons (Fsp3) is 0.348. The number of urea groups is 1. The summed E-state index contributed by atoms with van der Waals surface area (Å²) in [4.78, 5) is 36.2. The second-order valence-electron chi connectivity index (χ2n) is 7.29. The van der Waals surface area contributed by atoms with Crippen LogP contribution in [-0.4, -0.2) is 37.2 Å². The first-order chi connectivity index (χ1) is 14.8. The van der Waals surface area contributed by atoms with Gasteiger partial charge >= 0.3 is 12.0 Å². The molecule has 0 heterocycles. The highest BCUT2D eigenvalue weighted by Gasteiger charge is 2.18. The van der Waals surface area contributed by atoms with Crippen molar-refractivity contribution in [3.05, 3.63) is 65.2 Å². The summed E-state index contributed by atoms with van der Waals surface area (Å²) >= 11 is 0. The smallest absolute Gasteiger partial charge is 0.338 e. The summed E-state index contributed by atoms with van der Waals surface area (Å²) in [7, 11) is 1.59. The van der Waals surface area contributed by atoms with Crippen LogP contribution >= 0.6 is 0 Å². The molecule has 8 heteroatoms. The molecule has 0 aromatic heterocycles. The molecule has 0 saturated carbocycles. The lowest BCUT2D eigenvalue weighted by Crippen LogP contribution is -2.39. The zero-order chi connectivity index (χ0) is 22.8. The standard InChI is InChI=1S/C23H29N3O5/c1-15(2)26-23(29)25-14-17-5-9-19(10-6-17)22(28)31-16(3)21(27)24-13-18-7-11-20(30-4)12-8-18/h5-12,15-16H,13-14H2,1-4H3,(H,24,27)(H2,25,26,29)/t16-/m1/s1. The van der Waals surface area contributed by atoms with Crippen LogP contribution < -0.4 is 20.7 Å². The molecule has 2 aromatic carbocycles. The lowest BCUT2D eigenvalue weighted by atomic mass is 10.1. The molecule has 3 amide bonds. The molecule has 1 atom stereocenters. The summed E-state index contributed by atoms with van der Waals surface area (Å²) in [6.45, 7) is 5.92. The highest BCUT2D eigenvalue weighted by atomic mass is 16.5. The summed E-state index contributed by atoms with van der Waals surface area (Å²) in [6.07, 6.45) is -0.938. The Morgan fingerprint density at radius 1 is 0.839 bits per heavy atom. The van der Waals surface area contributed by atoms with Gasteiger partial charge in [-0.15, -0.1) is 0 Å². The zero-order valence-corrected chi connectivity index (χ0v) is 18.2. The first-order valence-electron chi connectivity index (χ1n) is 10.0. The molecule has 0 fully saturated rings. The number of amides is 3. The molecule has 3 N–H and O–H groups in total. The van der Waals surface area contributed by atoms with E-state index < -0.39 is 12.1 Å². The van der Waals surface area contributed by atoms with Gasteiger partial charge in [0, 0.05) is 19.1 Å². The molecule has 0 aliphatic heterocycles. The van der Waals surface area contributed by atoms with E-state index in [1.807, 2.05) is 26.0 Å². The molecular formula is C23H29N3O5. The van der Waals surface area contributed by atoms with Gasteiger partial charge in [0.15, 0.2) is 6.10 Å². The van der Waals surface area contributed by atoms with Gasteiger partial charge in [-0.1, -0.05) is 24.3 Å². The summed E-state index contributed by atoms with van der Waals surface area (Å²) in [5.74, 6) is -0.247. The molecule has 0 spiro atoms. The van der Waals surface area contributed by atoms with Crippen molar-refractivity contribution in [1.29, 1.82) is 0 Å². The van der Waals surface area contributed by atoms with Crippen LogP contribution in [0.1, 0.15) is 42.3 Å². The second-order valence-corrected chi connectivity index (χ2v) is 7.29. The molecule has 0 aliphatic rings. The van der Waals surface area contributed by atoms with Gasteiger partial charge < -0.3 is 25.4 Å². The highest BCUT2D eigenvalue weighted by Crippen LogP contribution is 2.11. The molecule has 0 unspecified atom stereocenters. The van der Waals surface area contributed by atoms with E-state index in [2.05, 4.69) is 16.0 Å². The number of esters is 1. The number of benzene rings is 2. The normalized spacial score (nSPS) is 11.4. The van der Waals surface area contributed by atoms with Crippen LogP contribution in [0.4, 0.5) is 4.79 Å². The van der Waals surface area contributed by atoms with Crippen molar-refractivity contribution in [3.63, 3.8) is 0 Å². The Kier molecular flexibility index (Phi) is 8.87. The van der Waals surface area contributed by atoms with Gasteiger partial charge in [-0.25, -0.2) is 9.59 Å². The fourth-order valence-corrected chi connectivity index (χ4v) is 2.61. The minimum absolute atomic E-state index is 0.0487. The van der Waals surface area contributed by atoms with Crippen LogP contribution in [0.2, 0.25) is 0 Å². The van der Waals surface area contributed by atoms with Crippen molar-refractivity contribution >= 4 is 17.9 Å². The maximum absolute atomic E-state index is 12.3. The molecule has 166 valence electrons. The van der Waals surface area contributed by atoms with Gasteiger partial charge in [-0.3, -0.25) is 4.79 Å². The summed E-state index contributed by atoms with van der Waals surface area (Å²) < 4.78 is 10.4. The van der Waals surface area contributed by atoms with Crippen LogP contribution in [0.5, 0.6) is 5.75 Å². The van der Waals surface area contributed by atoms with E-state index in [9.17, 15) is 14.4 Å². The van der Waals surface area contributed by atoms with E-state index in [1.54, 1.807) is 43.5 Å². The molecule has 0 aliphatic carbocycles. The largest absolute Gasteiger partial charge is 0.497 e. The Morgan fingerprint density at radius 2 is 1.39 bits per heavy atom. The maximum atomic E-state index is 12.3. The summed E-state index contributed by atoms with van der Waals surface area (Å²) in [5, 5.41) is 8.21. The number of methoxy groups -OCH3 is 1. The van der Waals surface area contributed by atoms with Crippen LogP contribution in [0.15, 0.2) is 48.5 Å². The number of hydrogen-bond acceptors (Lipinski definition) is 5. The Morgan fingerprint density at radius 3 is 1.94 bits per heavy atom. The minimum atomic E-state index is -0.938. The monoisotopic (exact) mass is 427 g/mol. The third kappa shape index (κ3) is 8.00. The quantitative estimate of drug-likeness (QED) is 0.534. The third-order valence-electron chi connectivity index (χ3n) is 4.34. The minimum Gasteiger partial charge on any atom is -0.497 e. The topological polar surface area (TPSA) is 106 Å². The number of ether oxygens (including phenoxy) is 2. The van der Waals surface area contributed by atoms with Crippen molar-refractivity contribution in [3.8, 4) is 5.75 Å². The molecule has 0 bridgehead atoms. The van der Waals surface area contributed by atoms with E-state index in [1.165, 1.54) is 6.92 Å². The zero-order valence-electron chi connectivity index (χ0n) is 18.2. The first kappa shape index (κ1) is 23.7. The average Bonchev–Trinajstić information content (AvgIpc) is 2.76. The van der Waals surface area contributed by atoms with Gasteiger partial charge in [0.2, 0.25) is 0 Å². The van der Waals surface area contributed by atoms with E-state index in [0.717, 1.165) is 16.9 Å². The molecule has 0 radical (unpaired) electrons. The van der Waals surface area contributed by atoms with E-state index >= 15 is 0 Å². The van der Waals surface area contributed by atoms with Crippen molar-refractivity contribution in [2.45, 2.75) is 46.0 Å². The van der Waals surface area contributed by atoms with Gasteiger partial charge in [0.05, 0.1) is 12.7 Å². The van der Waals surface area contributed by atoms with Gasteiger partial charge in [-0.2, -0.15) is 0 Å².